The molecule has 1 saturated heterocycles. The van der Waals surface area contributed by atoms with Gasteiger partial charge in [0.15, 0.2) is 5.82 Å². The van der Waals surface area contributed by atoms with Crippen LogP contribution in [0.2, 0.25) is 0 Å². The van der Waals surface area contributed by atoms with Gasteiger partial charge in [0.2, 0.25) is 11.8 Å². The molecule has 1 unspecified atom stereocenters. The number of nitrogens with one attached hydrogen (secondary N) is 2. The Morgan fingerprint density at radius 3 is 2.62 bits per heavy atom. The number of ether oxygens (including phenoxy) is 1. The number of thioether (sulfide) groups is 1. The summed E-state index contributed by atoms with van der Waals surface area (Å²) in [6, 6.07) is 11.8. The molecule has 2 aromatic rings. The van der Waals surface area contributed by atoms with Crippen LogP contribution in [0, 0.1) is 5.92 Å². The van der Waals surface area contributed by atoms with E-state index in [1.807, 2.05) is 36.4 Å². The fourth-order valence-electron chi connectivity index (χ4n) is 3.64. The molecule has 32 heavy (non-hydrogen) atoms. The first kappa shape index (κ1) is 22.4. The number of anilines is 1. The summed E-state index contributed by atoms with van der Waals surface area (Å²) in [6.45, 7) is 2.02. The maximum atomic E-state index is 12.4. The van der Waals surface area contributed by atoms with Crippen LogP contribution in [0.3, 0.4) is 0 Å². The summed E-state index contributed by atoms with van der Waals surface area (Å²) >= 11 is 1.36. The lowest BCUT2D eigenvalue weighted by Crippen LogP contribution is -2.44. The number of nitrogens with zero attached hydrogens (tertiary/aromatic N) is 3. The van der Waals surface area contributed by atoms with Crippen LogP contribution in [0.5, 0.6) is 5.75 Å². The second-order valence-electron chi connectivity index (χ2n) is 8.21. The number of amides is 2. The molecule has 2 heterocycles. The highest BCUT2D eigenvalue weighted by Gasteiger charge is 2.30. The first-order chi connectivity index (χ1) is 15.6. The zero-order valence-corrected chi connectivity index (χ0v) is 19.1. The van der Waals surface area contributed by atoms with Gasteiger partial charge in [0.05, 0.1) is 18.8 Å². The molecule has 1 aromatic carbocycles. The third-order valence-corrected chi connectivity index (χ3v) is 6.59. The number of methoxy groups -OCH3 is 1. The molecular formula is C23H29N5O3S. The monoisotopic (exact) mass is 455 g/mol. The molecule has 1 aliphatic carbocycles. The third kappa shape index (κ3) is 6.35. The molecule has 9 heteroatoms. The van der Waals surface area contributed by atoms with Crippen LogP contribution in [0.1, 0.15) is 31.2 Å². The summed E-state index contributed by atoms with van der Waals surface area (Å²) in [5.41, 5.74) is 1.01. The Bertz CT molecular complexity index is 918. The van der Waals surface area contributed by atoms with E-state index in [9.17, 15) is 9.59 Å². The van der Waals surface area contributed by atoms with Crippen LogP contribution < -0.4 is 20.3 Å². The lowest BCUT2D eigenvalue weighted by Gasteiger charge is -2.32. The zero-order chi connectivity index (χ0) is 22.3. The molecule has 0 spiro atoms. The van der Waals surface area contributed by atoms with Gasteiger partial charge >= 0.3 is 0 Å². The number of hydrogen-bond acceptors (Lipinski definition) is 7. The number of aromatic nitrogens is 2. The Morgan fingerprint density at radius 2 is 1.94 bits per heavy atom. The standard InChI is InChI=1S/C23H29N5O3S/c1-31-19-8-4-16(5-9-19)13-24-21(29)15-32-22-11-10-20(26-27-22)28-12-2-3-17(14-28)23(30)25-18-6-7-18/h4-5,8-11,17-18H,2-3,6-7,12-15H2,1H3,(H,24,29)(H,25,30). The lowest BCUT2D eigenvalue weighted by atomic mass is 9.97. The lowest BCUT2D eigenvalue weighted by molar-refractivity contribution is -0.125. The quantitative estimate of drug-likeness (QED) is 0.561. The summed E-state index contributed by atoms with van der Waals surface area (Å²) < 4.78 is 5.14. The van der Waals surface area contributed by atoms with Gasteiger partial charge in [-0.2, -0.15) is 0 Å². The normalized spacial score (nSPS) is 18.2. The van der Waals surface area contributed by atoms with Crippen LogP contribution in [-0.4, -0.2) is 54.0 Å². The molecule has 0 bridgehead atoms. The fraction of sp³-hybridized carbons (Fsp3) is 0.478. The second kappa shape index (κ2) is 10.7. The Balaban J connectivity index is 1.21. The van der Waals surface area contributed by atoms with Crippen molar-refractivity contribution in [2.45, 2.75) is 43.3 Å². The molecule has 2 amide bonds. The summed E-state index contributed by atoms with van der Waals surface area (Å²) in [6.07, 6.45) is 4.09. The largest absolute Gasteiger partial charge is 0.497 e. The van der Waals surface area contributed by atoms with E-state index >= 15 is 0 Å². The number of carbonyl (C=O) groups excluding carboxylic acids is 2. The maximum absolute atomic E-state index is 12.4. The predicted octanol–water partition coefficient (Wildman–Crippen LogP) is 2.39. The third-order valence-electron chi connectivity index (χ3n) is 5.67. The average Bonchev–Trinajstić information content (AvgIpc) is 3.66. The van der Waals surface area contributed by atoms with Gasteiger partial charge in [0.1, 0.15) is 10.8 Å². The van der Waals surface area contributed by atoms with E-state index in [0.717, 1.165) is 49.4 Å². The smallest absolute Gasteiger partial charge is 0.230 e. The molecule has 1 aromatic heterocycles. The number of hydrogen-bond donors (Lipinski definition) is 2. The van der Waals surface area contributed by atoms with Crippen molar-refractivity contribution in [3.05, 3.63) is 42.0 Å². The van der Waals surface area contributed by atoms with Crippen molar-refractivity contribution >= 4 is 29.4 Å². The molecule has 0 radical (unpaired) electrons. The van der Waals surface area contributed by atoms with Crippen LogP contribution >= 0.6 is 11.8 Å². The van der Waals surface area contributed by atoms with E-state index in [2.05, 4.69) is 25.7 Å². The molecule has 2 aliphatic rings. The number of carbonyl (C=O) groups is 2. The van der Waals surface area contributed by atoms with Crippen molar-refractivity contribution in [2.75, 3.05) is 30.9 Å². The minimum absolute atomic E-state index is 0.00889. The highest BCUT2D eigenvalue weighted by molar-refractivity contribution is 7.99. The molecule has 2 fully saturated rings. The van der Waals surface area contributed by atoms with Crippen LogP contribution in [-0.2, 0) is 16.1 Å². The number of rotatable bonds is 9. The maximum Gasteiger partial charge on any atom is 0.230 e. The summed E-state index contributed by atoms with van der Waals surface area (Å²) in [4.78, 5) is 26.7. The first-order valence-corrected chi connectivity index (χ1v) is 12.0. The van der Waals surface area contributed by atoms with Crippen LogP contribution in [0.25, 0.3) is 0 Å². The fourth-order valence-corrected chi connectivity index (χ4v) is 4.28. The van der Waals surface area contributed by atoms with Crippen molar-refractivity contribution in [3.63, 3.8) is 0 Å². The van der Waals surface area contributed by atoms with Gasteiger partial charge in [-0.15, -0.1) is 10.2 Å². The van der Waals surface area contributed by atoms with Crippen LogP contribution in [0.15, 0.2) is 41.4 Å². The number of piperidine rings is 1. The molecule has 2 N–H and O–H groups in total. The molecule has 170 valence electrons. The van der Waals surface area contributed by atoms with Gasteiger partial charge in [-0.3, -0.25) is 9.59 Å². The molecule has 1 atom stereocenters. The topological polar surface area (TPSA) is 96.5 Å². The predicted molar refractivity (Wildman–Crippen MR) is 124 cm³/mol. The Morgan fingerprint density at radius 1 is 1.12 bits per heavy atom. The van der Waals surface area contributed by atoms with Crippen molar-refractivity contribution in [3.8, 4) is 5.75 Å². The minimum Gasteiger partial charge on any atom is -0.497 e. The Labute approximate surface area is 192 Å². The van der Waals surface area contributed by atoms with Crippen molar-refractivity contribution < 1.29 is 14.3 Å². The highest BCUT2D eigenvalue weighted by atomic mass is 32.2. The molecule has 4 rings (SSSR count). The SMILES string of the molecule is COc1ccc(CNC(=O)CSc2ccc(N3CCCC(C(=O)NC4CC4)C3)nn2)cc1. The highest BCUT2D eigenvalue weighted by Crippen LogP contribution is 2.25. The van der Waals surface area contributed by atoms with Gasteiger partial charge in [0.25, 0.3) is 0 Å². The van der Waals surface area contributed by atoms with Crippen molar-refractivity contribution in [2.24, 2.45) is 5.92 Å². The van der Waals surface area contributed by atoms with E-state index in [4.69, 9.17) is 4.74 Å². The van der Waals surface area contributed by atoms with E-state index in [1.165, 1.54) is 11.8 Å². The van der Waals surface area contributed by atoms with Gasteiger partial charge in [-0.05, 0) is 55.5 Å². The van der Waals surface area contributed by atoms with E-state index in [-0.39, 0.29) is 23.5 Å². The summed E-state index contributed by atoms with van der Waals surface area (Å²) in [7, 11) is 1.63. The Hall–Kier alpha value is -2.81. The summed E-state index contributed by atoms with van der Waals surface area (Å²) in [5.74, 6) is 1.96. The second-order valence-corrected chi connectivity index (χ2v) is 9.21. The van der Waals surface area contributed by atoms with Gasteiger partial charge in [0, 0.05) is 25.7 Å². The van der Waals surface area contributed by atoms with E-state index in [1.54, 1.807) is 7.11 Å². The van der Waals surface area contributed by atoms with E-state index in [0.29, 0.717) is 24.2 Å². The average molecular weight is 456 g/mol. The first-order valence-electron chi connectivity index (χ1n) is 11.0. The zero-order valence-electron chi connectivity index (χ0n) is 18.3. The molecule has 1 aliphatic heterocycles. The van der Waals surface area contributed by atoms with Crippen molar-refractivity contribution in [1.82, 2.24) is 20.8 Å². The van der Waals surface area contributed by atoms with Gasteiger partial charge in [-0.25, -0.2) is 0 Å². The van der Waals surface area contributed by atoms with Crippen molar-refractivity contribution in [1.29, 1.82) is 0 Å². The Kier molecular flexibility index (Phi) is 7.47. The van der Waals surface area contributed by atoms with Gasteiger partial charge < -0.3 is 20.3 Å². The molecule has 1 saturated carbocycles. The number of benzene rings is 1. The van der Waals surface area contributed by atoms with Crippen LogP contribution in [0.4, 0.5) is 5.82 Å². The molecule has 8 nitrogen and oxygen atoms in total. The summed E-state index contributed by atoms with van der Waals surface area (Å²) in [5, 5.41) is 15.3. The minimum atomic E-state index is -0.0581. The van der Waals surface area contributed by atoms with Gasteiger partial charge in [-0.1, -0.05) is 23.9 Å². The molecular weight excluding hydrogens is 426 g/mol. The van der Waals surface area contributed by atoms with E-state index < -0.39 is 0 Å².